The monoisotopic (exact) mass is 568 g/mol. The molecule has 9 heteroatoms. The van der Waals surface area contributed by atoms with Gasteiger partial charge in [0, 0.05) is 12.3 Å². The molecule has 0 aliphatic heterocycles. The molecule has 9 nitrogen and oxygen atoms in total. The first-order chi connectivity index (χ1) is 20.0. The lowest BCUT2D eigenvalue weighted by Gasteiger charge is -2.19. The molecular formula is C33H36N4O5. The Balaban J connectivity index is 1.63. The summed E-state index contributed by atoms with van der Waals surface area (Å²) in [6.07, 6.45) is 1.87. The Labute approximate surface area is 245 Å². The van der Waals surface area contributed by atoms with Gasteiger partial charge in [-0.05, 0) is 47.1 Å². The van der Waals surface area contributed by atoms with Gasteiger partial charge in [0.25, 0.3) is 11.5 Å². The van der Waals surface area contributed by atoms with E-state index in [0.717, 1.165) is 16.7 Å². The van der Waals surface area contributed by atoms with Crippen LogP contribution in [0.3, 0.4) is 0 Å². The molecule has 0 radical (unpaired) electrons. The van der Waals surface area contributed by atoms with Gasteiger partial charge in [0.15, 0.2) is 11.4 Å². The normalized spacial score (nSPS) is 12.0. The Bertz CT molecular complexity index is 1620. The predicted molar refractivity (Wildman–Crippen MR) is 161 cm³/mol. The number of aryl methyl sites for hydroxylation is 1. The lowest BCUT2D eigenvalue weighted by Crippen LogP contribution is -2.41. The van der Waals surface area contributed by atoms with Gasteiger partial charge < -0.3 is 19.7 Å². The van der Waals surface area contributed by atoms with Gasteiger partial charge in [-0.2, -0.15) is 0 Å². The van der Waals surface area contributed by atoms with Crippen molar-refractivity contribution < 1.29 is 19.4 Å². The minimum atomic E-state index is -1.15. The topological polar surface area (TPSA) is 123 Å². The van der Waals surface area contributed by atoms with Crippen LogP contribution < -0.4 is 15.6 Å². The number of carbonyl (C=O) groups is 2. The minimum Gasteiger partial charge on any atom is -0.485 e. The number of nitrogens with one attached hydrogen (secondary N) is 1. The fraction of sp³-hybridized carbons (Fsp3) is 0.303. The van der Waals surface area contributed by atoms with E-state index < -0.39 is 17.9 Å². The molecule has 218 valence electrons. The minimum absolute atomic E-state index is 0.0122. The summed E-state index contributed by atoms with van der Waals surface area (Å²) in [5, 5.41) is 12.0. The van der Waals surface area contributed by atoms with Crippen LogP contribution in [-0.2, 0) is 23.4 Å². The average molecular weight is 569 g/mol. The zero-order chi connectivity index (χ0) is 30.4. The number of benzene rings is 2. The Morgan fingerprint density at radius 1 is 1.00 bits per heavy atom. The highest BCUT2D eigenvalue weighted by atomic mass is 16.5. The van der Waals surface area contributed by atoms with Gasteiger partial charge in [0.1, 0.15) is 18.5 Å². The maximum atomic E-state index is 13.2. The van der Waals surface area contributed by atoms with E-state index in [1.54, 1.807) is 26.1 Å². The fourth-order valence-electron chi connectivity index (χ4n) is 4.45. The van der Waals surface area contributed by atoms with Crippen molar-refractivity contribution in [2.24, 2.45) is 0 Å². The summed E-state index contributed by atoms with van der Waals surface area (Å²) in [6.45, 7) is 9.98. The van der Waals surface area contributed by atoms with Crippen molar-refractivity contribution in [1.29, 1.82) is 0 Å². The molecule has 2 aromatic heterocycles. The van der Waals surface area contributed by atoms with Crippen molar-refractivity contribution in [3.8, 4) is 16.9 Å². The first kappa shape index (κ1) is 30.2. The van der Waals surface area contributed by atoms with Crippen LogP contribution in [0.4, 0.5) is 0 Å². The molecule has 0 aliphatic carbocycles. The van der Waals surface area contributed by atoms with E-state index in [0.29, 0.717) is 5.69 Å². The molecule has 42 heavy (non-hydrogen) atoms. The highest BCUT2D eigenvalue weighted by molar-refractivity contribution is 5.97. The van der Waals surface area contributed by atoms with Crippen LogP contribution in [0, 0.1) is 6.92 Å². The Morgan fingerprint density at radius 2 is 1.69 bits per heavy atom. The van der Waals surface area contributed by atoms with Crippen molar-refractivity contribution in [2.75, 3.05) is 0 Å². The molecule has 0 aliphatic rings. The summed E-state index contributed by atoms with van der Waals surface area (Å²) < 4.78 is 7.43. The Hall–Kier alpha value is -4.79. The first-order valence-corrected chi connectivity index (χ1v) is 13.9. The second-order valence-electron chi connectivity index (χ2n) is 11.2. The molecule has 4 rings (SSSR count). The molecule has 1 amide bonds. The van der Waals surface area contributed by atoms with E-state index in [9.17, 15) is 19.5 Å². The highest BCUT2D eigenvalue weighted by Gasteiger charge is 2.25. The van der Waals surface area contributed by atoms with Gasteiger partial charge in [-0.3, -0.25) is 9.59 Å². The van der Waals surface area contributed by atoms with Crippen LogP contribution in [0.25, 0.3) is 11.1 Å². The second-order valence-corrected chi connectivity index (χ2v) is 11.2. The second kappa shape index (κ2) is 12.8. The fourth-order valence-corrected chi connectivity index (χ4v) is 4.45. The van der Waals surface area contributed by atoms with E-state index in [-0.39, 0.29) is 47.8 Å². The van der Waals surface area contributed by atoms with Gasteiger partial charge in [0.05, 0.1) is 12.2 Å². The first-order valence-electron chi connectivity index (χ1n) is 13.9. The molecule has 1 atom stereocenters. The van der Waals surface area contributed by atoms with Crippen molar-refractivity contribution in [2.45, 2.75) is 65.6 Å². The summed E-state index contributed by atoms with van der Waals surface area (Å²) in [6, 6.07) is 19.9. The summed E-state index contributed by atoms with van der Waals surface area (Å²) in [4.78, 5) is 46.9. The van der Waals surface area contributed by atoms with Crippen molar-refractivity contribution in [1.82, 2.24) is 19.9 Å². The molecule has 1 unspecified atom stereocenters. The van der Waals surface area contributed by atoms with Crippen molar-refractivity contribution in [3.05, 3.63) is 112 Å². The number of aliphatic carboxylic acids is 1. The SMILES string of the molecule is CCC(NC(=O)c1nc(Cn2ccc(-c3ccc(C(C)(C)C)cc3)cc2=O)nc(C)c1OCc1ccccc1)C(=O)O. The molecule has 0 saturated carbocycles. The molecule has 4 aromatic rings. The standard InChI is InChI=1S/C33H36N4O5/c1-6-26(32(40)41)35-31(39)29-30(42-20-22-10-8-7-9-11-22)21(2)34-27(36-29)19-37-17-16-24(18-28(37)38)23-12-14-25(15-13-23)33(3,4)5/h7-18,26H,6,19-20H2,1-5H3,(H,35,39)(H,40,41). The van der Waals surface area contributed by atoms with Gasteiger partial charge in [-0.15, -0.1) is 0 Å². The molecule has 2 N–H and O–H groups in total. The number of carboxylic acids is 1. The number of rotatable bonds is 10. The highest BCUT2D eigenvalue weighted by Crippen LogP contribution is 2.26. The molecule has 0 bridgehead atoms. The van der Waals surface area contributed by atoms with Crippen LogP contribution in [0.15, 0.2) is 77.7 Å². The van der Waals surface area contributed by atoms with E-state index >= 15 is 0 Å². The van der Waals surface area contributed by atoms with E-state index in [1.165, 1.54) is 10.1 Å². The lowest BCUT2D eigenvalue weighted by molar-refractivity contribution is -0.139. The number of carboxylic acid groups (broad SMARTS) is 1. The Kier molecular flexibility index (Phi) is 9.20. The number of ether oxygens (including phenoxy) is 1. The summed E-state index contributed by atoms with van der Waals surface area (Å²) in [5.41, 5.74) is 3.90. The van der Waals surface area contributed by atoms with Crippen LogP contribution >= 0.6 is 0 Å². The van der Waals surface area contributed by atoms with Crippen molar-refractivity contribution >= 4 is 11.9 Å². The zero-order valence-corrected chi connectivity index (χ0v) is 24.5. The van der Waals surface area contributed by atoms with Crippen LogP contribution in [-0.4, -0.2) is 37.6 Å². The Morgan fingerprint density at radius 3 is 2.29 bits per heavy atom. The molecule has 0 spiro atoms. The zero-order valence-electron chi connectivity index (χ0n) is 24.5. The molecule has 0 saturated heterocycles. The lowest BCUT2D eigenvalue weighted by atomic mass is 9.86. The smallest absolute Gasteiger partial charge is 0.326 e. The van der Waals surface area contributed by atoms with Gasteiger partial charge >= 0.3 is 5.97 Å². The number of pyridine rings is 1. The average Bonchev–Trinajstić information content (AvgIpc) is 2.96. The number of amides is 1. The predicted octanol–water partition coefficient (Wildman–Crippen LogP) is 5.13. The molecular weight excluding hydrogens is 532 g/mol. The number of aromatic nitrogens is 3. The van der Waals surface area contributed by atoms with Gasteiger partial charge in [-0.1, -0.05) is 82.3 Å². The number of carbonyl (C=O) groups excluding carboxylic acids is 1. The summed E-state index contributed by atoms with van der Waals surface area (Å²) >= 11 is 0. The molecule has 2 heterocycles. The van der Waals surface area contributed by atoms with E-state index in [1.807, 2.05) is 48.5 Å². The molecule has 2 aromatic carbocycles. The summed E-state index contributed by atoms with van der Waals surface area (Å²) in [7, 11) is 0. The number of hydrogen-bond donors (Lipinski definition) is 2. The molecule has 0 fully saturated rings. The third-order valence-corrected chi connectivity index (χ3v) is 6.93. The summed E-state index contributed by atoms with van der Waals surface area (Å²) in [5.74, 6) is -1.47. The third-order valence-electron chi connectivity index (χ3n) is 6.93. The quantitative estimate of drug-likeness (QED) is 0.272. The van der Waals surface area contributed by atoms with E-state index in [2.05, 4.69) is 48.2 Å². The number of hydrogen-bond acceptors (Lipinski definition) is 6. The van der Waals surface area contributed by atoms with Crippen LogP contribution in [0.5, 0.6) is 5.75 Å². The van der Waals surface area contributed by atoms with Crippen LogP contribution in [0.1, 0.15) is 67.2 Å². The van der Waals surface area contributed by atoms with Crippen LogP contribution in [0.2, 0.25) is 0 Å². The van der Waals surface area contributed by atoms with Crippen molar-refractivity contribution in [3.63, 3.8) is 0 Å². The maximum Gasteiger partial charge on any atom is 0.326 e. The van der Waals surface area contributed by atoms with E-state index in [4.69, 9.17) is 4.74 Å². The number of nitrogens with zero attached hydrogens (tertiary/aromatic N) is 3. The maximum absolute atomic E-state index is 13.2. The van der Waals surface area contributed by atoms with Gasteiger partial charge in [0.2, 0.25) is 0 Å². The largest absolute Gasteiger partial charge is 0.485 e. The third kappa shape index (κ3) is 7.28. The van der Waals surface area contributed by atoms with Gasteiger partial charge in [-0.25, -0.2) is 14.8 Å².